The lowest BCUT2D eigenvalue weighted by Crippen LogP contribution is -2.34. The van der Waals surface area contributed by atoms with E-state index in [0.717, 1.165) is 4.57 Å². The molecule has 0 saturated carbocycles. The van der Waals surface area contributed by atoms with Crippen molar-refractivity contribution in [3.05, 3.63) is 90.5 Å². The molecular formula is C20H16Cl2N4O4. The number of benzene rings is 2. The number of hydrogen-bond donors (Lipinski definition) is 3. The van der Waals surface area contributed by atoms with Crippen molar-refractivity contribution in [3.63, 3.8) is 0 Å². The molecule has 0 radical (unpaired) electrons. The molecule has 0 fully saturated rings. The molecule has 0 aliphatic carbocycles. The smallest absolute Gasteiger partial charge is 0.335 e. The van der Waals surface area contributed by atoms with Gasteiger partial charge in [0.2, 0.25) is 5.88 Å². The highest BCUT2D eigenvalue weighted by molar-refractivity contribution is 6.33. The number of halogens is 2. The Labute approximate surface area is 180 Å². The summed E-state index contributed by atoms with van der Waals surface area (Å²) in [6, 6.07) is 12.5. The highest BCUT2D eigenvalue weighted by Crippen LogP contribution is 2.20. The van der Waals surface area contributed by atoms with E-state index in [2.05, 4.69) is 15.5 Å². The molecule has 30 heavy (non-hydrogen) atoms. The van der Waals surface area contributed by atoms with Gasteiger partial charge in [-0.3, -0.25) is 14.6 Å². The SMILES string of the molecule is CCC(=NNC(=O)c1ccccc1Cl)c1c(O)n(-c2ccc(Cl)cc2)c(=O)[nH]c1=O. The van der Waals surface area contributed by atoms with Crippen LogP contribution in [-0.4, -0.2) is 26.3 Å². The molecule has 3 aromatic rings. The molecular weight excluding hydrogens is 431 g/mol. The third kappa shape index (κ3) is 4.29. The quantitative estimate of drug-likeness (QED) is 0.412. The van der Waals surface area contributed by atoms with Crippen molar-refractivity contribution >= 4 is 34.8 Å². The number of rotatable bonds is 5. The monoisotopic (exact) mass is 446 g/mol. The van der Waals surface area contributed by atoms with Crippen molar-refractivity contribution in [2.24, 2.45) is 5.10 Å². The number of nitrogens with zero attached hydrogens (tertiary/aromatic N) is 2. The van der Waals surface area contributed by atoms with E-state index >= 15 is 0 Å². The molecule has 0 bridgehead atoms. The number of carbonyl (C=O) groups is 1. The number of aromatic nitrogens is 2. The van der Waals surface area contributed by atoms with Crippen molar-refractivity contribution in [1.82, 2.24) is 15.0 Å². The van der Waals surface area contributed by atoms with E-state index < -0.39 is 23.0 Å². The Kier molecular flexibility index (Phi) is 6.39. The van der Waals surface area contributed by atoms with Gasteiger partial charge in [-0.1, -0.05) is 42.3 Å². The maximum atomic E-state index is 12.4. The molecule has 2 aromatic carbocycles. The molecule has 154 valence electrons. The van der Waals surface area contributed by atoms with Crippen LogP contribution in [0.15, 0.2) is 63.2 Å². The summed E-state index contributed by atoms with van der Waals surface area (Å²) in [7, 11) is 0. The molecule has 1 heterocycles. The second-order valence-corrected chi connectivity index (χ2v) is 6.95. The Morgan fingerprint density at radius 2 is 1.80 bits per heavy atom. The van der Waals surface area contributed by atoms with E-state index in [-0.39, 0.29) is 34.0 Å². The fraction of sp³-hybridized carbons (Fsp3) is 0.100. The van der Waals surface area contributed by atoms with Crippen LogP contribution in [0.5, 0.6) is 5.88 Å². The highest BCUT2D eigenvalue weighted by Gasteiger charge is 2.20. The molecule has 3 N–H and O–H groups in total. The summed E-state index contributed by atoms with van der Waals surface area (Å²) in [4.78, 5) is 39.2. The van der Waals surface area contributed by atoms with Crippen LogP contribution in [0.3, 0.4) is 0 Å². The first-order chi connectivity index (χ1) is 14.3. The van der Waals surface area contributed by atoms with Crippen LogP contribution < -0.4 is 16.7 Å². The Morgan fingerprint density at radius 3 is 2.43 bits per heavy atom. The molecule has 8 nitrogen and oxygen atoms in total. The van der Waals surface area contributed by atoms with Crippen molar-refractivity contribution in [2.75, 3.05) is 0 Å². The molecule has 0 unspecified atom stereocenters. The average molecular weight is 447 g/mol. The van der Waals surface area contributed by atoms with Crippen LogP contribution in [0.2, 0.25) is 10.0 Å². The van der Waals surface area contributed by atoms with Gasteiger partial charge < -0.3 is 5.11 Å². The van der Waals surface area contributed by atoms with E-state index in [9.17, 15) is 19.5 Å². The predicted molar refractivity (Wildman–Crippen MR) is 115 cm³/mol. The zero-order valence-electron chi connectivity index (χ0n) is 15.6. The molecule has 0 atom stereocenters. The Balaban J connectivity index is 2.05. The number of aromatic amines is 1. The normalized spacial score (nSPS) is 11.4. The third-order valence-electron chi connectivity index (χ3n) is 4.21. The number of hydrazone groups is 1. The lowest BCUT2D eigenvalue weighted by atomic mass is 10.1. The van der Waals surface area contributed by atoms with E-state index in [1.54, 1.807) is 25.1 Å². The second-order valence-electron chi connectivity index (χ2n) is 6.10. The van der Waals surface area contributed by atoms with Crippen LogP contribution >= 0.6 is 23.2 Å². The van der Waals surface area contributed by atoms with Crippen LogP contribution in [0.25, 0.3) is 5.69 Å². The van der Waals surface area contributed by atoms with Crippen molar-refractivity contribution < 1.29 is 9.90 Å². The lowest BCUT2D eigenvalue weighted by Gasteiger charge is -2.12. The van der Waals surface area contributed by atoms with E-state index in [4.69, 9.17) is 23.2 Å². The van der Waals surface area contributed by atoms with Gasteiger partial charge in [0.25, 0.3) is 11.5 Å². The first-order valence-electron chi connectivity index (χ1n) is 8.79. The van der Waals surface area contributed by atoms with E-state index in [1.165, 1.54) is 30.3 Å². The minimum Gasteiger partial charge on any atom is -0.493 e. The van der Waals surface area contributed by atoms with Gasteiger partial charge in [-0.2, -0.15) is 5.10 Å². The topological polar surface area (TPSA) is 117 Å². The summed E-state index contributed by atoms with van der Waals surface area (Å²) >= 11 is 11.9. The molecule has 0 spiro atoms. The molecule has 1 aromatic heterocycles. The molecule has 1 amide bonds. The van der Waals surface area contributed by atoms with Gasteiger partial charge in [0.05, 0.1) is 22.0 Å². The summed E-state index contributed by atoms with van der Waals surface area (Å²) < 4.78 is 0.911. The highest BCUT2D eigenvalue weighted by atomic mass is 35.5. The minimum absolute atomic E-state index is 0.0665. The largest absolute Gasteiger partial charge is 0.493 e. The summed E-state index contributed by atoms with van der Waals surface area (Å²) in [6.07, 6.45) is 0.179. The Hall–Kier alpha value is -3.36. The molecule has 3 rings (SSSR count). The molecule has 10 heteroatoms. The zero-order chi connectivity index (χ0) is 21.8. The first-order valence-corrected chi connectivity index (χ1v) is 9.55. The van der Waals surface area contributed by atoms with Crippen molar-refractivity contribution in [2.45, 2.75) is 13.3 Å². The third-order valence-corrected chi connectivity index (χ3v) is 4.79. The number of aromatic hydroxyl groups is 1. The van der Waals surface area contributed by atoms with Gasteiger partial charge in [-0.15, -0.1) is 0 Å². The minimum atomic E-state index is -0.838. The summed E-state index contributed by atoms with van der Waals surface area (Å²) in [5, 5.41) is 15.3. The Bertz CT molecular complexity index is 1250. The maximum Gasteiger partial charge on any atom is 0.335 e. The van der Waals surface area contributed by atoms with Crippen molar-refractivity contribution in [3.8, 4) is 11.6 Å². The fourth-order valence-electron chi connectivity index (χ4n) is 2.75. The van der Waals surface area contributed by atoms with Crippen LogP contribution in [0, 0.1) is 0 Å². The number of H-pyrrole nitrogens is 1. The standard InChI is InChI=1S/C20H16Cl2N4O4/c1-2-15(24-25-17(27)13-5-3-4-6-14(13)22)16-18(28)23-20(30)26(19(16)29)12-9-7-11(21)8-10-12/h3-10,29H,2H2,1H3,(H,25,27)(H,23,28,30). The summed E-state index contributed by atoms with van der Waals surface area (Å²) in [5.74, 6) is -1.20. The van der Waals surface area contributed by atoms with Gasteiger partial charge in [0.1, 0.15) is 5.56 Å². The van der Waals surface area contributed by atoms with Gasteiger partial charge in [-0.25, -0.2) is 14.8 Å². The van der Waals surface area contributed by atoms with Crippen molar-refractivity contribution in [1.29, 1.82) is 0 Å². The van der Waals surface area contributed by atoms with E-state index in [0.29, 0.717) is 5.02 Å². The summed E-state index contributed by atoms with van der Waals surface area (Å²) in [6.45, 7) is 1.68. The van der Waals surface area contributed by atoms with Crippen LogP contribution in [0.1, 0.15) is 29.3 Å². The predicted octanol–water partition coefficient (Wildman–Crippen LogP) is 3.08. The second kappa shape index (κ2) is 8.98. The zero-order valence-corrected chi connectivity index (χ0v) is 17.2. The average Bonchev–Trinajstić information content (AvgIpc) is 2.71. The number of amides is 1. The van der Waals surface area contributed by atoms with Gasteiger partial charge >= 0.3 is 5.69 Å². The van der Waals surface area contributed by atoms with Crippen LogP contribution in [0.4, 0.5) is 0 Å². The maximum absolute atomic E-state index is 12.4. The molecule has 0 saturated heterocycles. The number of hydrogen-bond acceptors (Lipinski definition) is 5. The molecule has 0 aliphatic rings. The number of nitrogens with one attached hydrogen (secondary N) is 2. The van der Waals surface area contributed by atoms with Gasteiger partial charge in [0, 0.05) is 5.02 Å². The van der Waals surface area contributed by atoms with Crippen LogP contribution in [-0.2, 0) is 0 Å². The summed E-state index contributed by atoms with van der Waals surface area (Å²) in [5.41, 5.74) is 0.956. The van der Waals surface area contributed by atoms with E-state index in [1.807, 2.05) is 0 Å². The number of carbonyl (C=O) groups excluding carboxylic acids is 1. The Morgan fingerprint density at radius 1 is 1.13 bits per heavy atom. The molecule has 0 aliphatic heterocycles. The lowest BCUT2D eigenvalue weighted by molar-refractivity contribution is 0.0955. The first kappa shape index (κ1) is 21.4. The van der Waals surface area contributed by atoms with Gasteiger partial charge in [0.15, 0.2) is 0 Å². The van der Waals surface area contributed by atoms with Gasteiger partial charge in [-0.05, 0) is 42.8 Å². The fourth-order valence-corrected chi connectivity index (χ4v) is 3.10.